The average molecular weight is 260 g/mol. The van der Waals surface area contributed by atoms with E-state index < -0.39 is 0 Å². The zero-order valence-corrected chi connectivity index (χ0v) is 11.4. The Morgan fingerprint density at radius 2 is 2.17 bits per heavy atom. The van der Waals surface area contributed by atoms with Crippen LogP contribution in [-0.4, -0.2) is 21.8 Å². The summed E-state index contributed by atoms with van der Waals surface area (Å²) in [6, 6.07) is 7.76. The van der Waals surface area contributed by atoms with Crippen molar-refractivity contribution in [3.05, 3.63) is 47.8 Å². The molecule has 2 rings (SSSR count). The minimum absolute atomic E-state index is 0.198. The van der Waals surface area contributed by atoms with E-state index >= 15 is 0 Å². The predicted molar refractivity (Wildman–Crippen MR) is 74.1 cm³/mol. The first-order valence-electron chi connectivity index (χ1n) is 5.84. The van der Waals surface area contributed by atoms with Crippen molar-refractivity contribution < 1.29 is 4.79 Å². The Labute approximate surface area is 111 Å². The Kier molecular flexibility index (Phi) is 4.20. The molecule has 2 aromatic rings. The van der Waals surface area contributed by atoms with Gasteiger partial charge in [0, 0.05) is 30.1 Å². The van der Waals surface area contributed by atoms with Gasteiger partial charge in [-0.1, -0.05) is 18.2 Å². The highest BCUT2D eigenvalue weighted by atomic mass is 32.2. The van der Waals surface area contributed by atoms with Crippen LogP contribution >= 0.6 is 11.8 Å². The maximum Gasteiger partial charge on any atom is 0.164 e. The van der Waals surface area contributed by atoms with Gasteiger partial charge in [-0.05, 0) is 24.3 Å². The van der Waals surface area contributed by atoms with Crippen molar-refractivity contribution in [3.8, 4) is 0 Å². The van der Waals surface area contributed by atoms with E-state index in [4.69, 9.17) is 0 Å². The van der Waals surface area contributed by atoms with Crippen LogP contribution in [0.15, 0.2) is 41.6 Å². The molecule has 0 aliphatic carbocycles. The number of carbonyl (C=O) groups excluding carboxylic acids is 1. The summed E-state index contributed by atoms with van der Waals surface area (Å²) in [5.74, 6) is 0.198. The van der Waals surface area contributed by atoms with Gasteiger partial charge in [0.1, 0.15) is 0 Å². The van der Waals surface area contributed by atoms with E-state index in [-0.39, 0.29) is 5.78 Å². The van der Waals surface area contributed by atoms with Crippen molar-refractivity contribution in [2.45, 2.75) is 17.7 Å². The zero-order chi connectivity index (χ0) is 13.0. The fraction of sp³-hybridized carbons (Fsp3) is 0.286. The molecule has 0 radical (unpaired) electrons. The number of nitrogens with zero attached hydrogens (tertiary/aromatic N) is 2. The summed E-state index contributed by atoms with van der Waals surface area (Å²) >= 11 is 1.61. The topological polar surface area (TPSA) is 34.9 Å². The quantitative estimate of drug-likeness (QED) is 0.612. The number of aryl methyl sites for hydroxylation is 2. The van der Waals surface area contributed by atoms with Gasteiger partial charge in [-0.15, -0.1) is 11.8 Å². The summed E-state index contributed by atoms with van der Waals surface area (Å²) in [6.45, 7) is 0. The average Bonchev–Trinajstić information content (AvgIpc) is 2.81. The van der Waals surface area contributed by atoms with Gasteiger partial charge in [-0.3, -0.25) is 9.48 Å². The molecule has 0 saturated heterocycles. The number of hydrogen-bond donors (Lipinski definition) is 0. The van der Waals surface area contributed by atoms with Crippen LogP contribution in [0.2, 0.25) is 0 Å². The summed E-state index contributed by atoms with van der Waals surface area (Å²) in [4.78, 5) is 13.2. The molecule has 1 heterocycles. The molecule has 94 valence electrons. The number of Topliss-reactive ketones (excluding diaryl/α,β-unsaturated/α-hetero) is 1. The van der Waals surface area contributed by atoms with Gasteiger partial charge < -0.3 is 0 Å². The maximum atomic E-state index is 12.2. The molecule has 18 heavy (non-hydrogen) atoms. The van der Waals surface area contributed by atoms with Gasteiger partial charge in [-0.2, -0.15) is 5.10 Å². The molecule has 0 spiro atoms. The van der Waals surface area contributed by atoms with E-state index in [0.29, 0.717) is 6.42 Å². The zero-order valence-electron chi connectivity index (χ0n) is 10.6. The normalized spacial score (nSPS) is 10.6. The van der Waals surface area contributed by atoms with E-state index in [1.165, 1.54) is 0 Å². The second-order valence-corrected chi connectivity index (χ2v) is 4.99. The molecular formula is C14H16N2OS. The van der Waals surface area contributed by atoms with E-state index in [9.17, 15) is 4.79 Å². The predicted octanol–water partition coefficient (Wildman–Crippen LogP) is 2.96. The lowest BCUT2D eigenvalue weighted by Crippen LogP contribution is -2.02. The Hall–Kier alpha value is -1.55. The van der Waals surface area contributed by atoms with Crippen molar-refractivity contribution in [2.75, 3.05) is 6.26 Å². The fourth-order valence-corrected chi connectivity index (χ4v) is 2.48. The number of rotatable bonds is 5. The van der Waals surface area contributed by atoms with Gasteiger partial charge >= 0.3 is 0 Å². The Morgan fingerprint density at radius 1 is 1.39 bits per heavy atom. The van der Waals surface area contributed by atoms with Crippen LogP contribution in [0, 0.1) is 0 Å². The molecular weight excluding hydrogens is 244 g/mol. The van der Waals surface area contributed by atoms with Gasteiger partial charge in [0.25, 0.3) is 0 Å². The Bertz CT molecular complexity index is 548. The van der Waals surface area contributed by atoms with Crippen LogP contribution in [0.3, 0.4) is 0 Å². The second kappa shape index (κ2) is 5.87. The molecule has 0 saturated carbocycles. The summed E-state index contributed by atoms with van der Waals surface area (Å²) in [5.41, 5.74) is 1.93. The molecule has 0 amide bonds. The second-order valence-electron chi connectivity index (χ2n) is 4.15. The molecule has 3 nitrogen and oxygen atoms in total. The van der Waals surface area contributed by atoms with Gasteiger partial charge in [-0.25, -0.2) is 0 Å². The first-order valence-corrected chi connectivity index (χ1v) is 7.07. The molecule has 0 fully saturated rings. The lowest BCUT2D eigenvalue weighted by molar-refractivity contribution is 0.0980. The van der Waals surface area contributed by atoms with Crippen LogP contribution in [0.25, 0.3) is 0 Å². The lowest BCUT2D eigenvalue weighted by atomic mass is 10.0. The first-order chi connectivity index (χ1) is 8.70. The molecule has 0 atom stereocenters. The number of carbonyl (C=O) groups is 1. The molecule has 0 N–H and O–H groups in total. The number of ketones is 1. The number of benzene rings is 1. The smallest absolute Gasteiger partial charge is 0.164 e. The lowest BCUT2D eigenvalue weighted by Gasteiger charge is -2.05. The summed E-state index contributed by atoms with van der Waals surface area (Å²) in [7, 11) is 1.88. The molecule has 4 heteroatoms. The van der Waals surface area contributed by atoms with Crippen molar-refractivity contribution in [1.29, 1.82) is 0 Å². The number of thioether (sulfide) groups is 1. The Morgan fingerprint density at radius 3 is 2.83 bits per heavy atom. The van der Waals surface area contributed by atoms with Crippen LogP contribution < -0.4 is 0 Å². The Balaban J connectivity index is 2.03. The van der Waals surface area contributed by atoms with Crippen molar-refractivity contribution in [3.63, 3.8) is 0 Å². The molecule has 1 aromatic carbocycles. The minimum atomic E-state index is 0.198. The van der Waals surface area contributed by atoms with Crippen molar-refractivity contribution in [2.24, 2.45) is 7.05 Å². The summed E-state index contributed by atoms with van der Waals surface area (Å²) < 4.78 is 1.76. The van der Waals surface area contributed by atoms with E-state index in [1.807, 2.05) is 50.0 Å². The highest BCUT2D eigenvalue weighted by Gasteiger charge is 2.10. The van der Waals surface area contributed by atoms with Gasteiger partial charge in [0.15, 0.2) is 5.78 Å². The van der Waals surface area contributed by atoms with Gasteiger partial charge in [0.2, 0.25) is 0 Å². The first kappa shape index (κ1) is 12.9. The monoisotopic (exact) mass is 260 g/mol. The molecule has 0 aliphatic heterocycles. The van der Waals surface area contributed by atoms with Gasteiger partial charge in [0.05, 0.1) is 6.20 Å². The largest absolute Gasteiger partial charge is 0.294 e. The van der Waals surface area contributed by atoms with Crippen molar-refractivity contribution in [1.82, 2.24) is 9.78 Å². The van der Waals surface area contributed by atoms with Crippen LogP contribution in [0.4, 0.5) is 0 Å². The van der Waals surface area contributed by atoms with Crippen LogP contribution in [-0.2, 0) is 13.5 Å². The molecule has 1 aromatic heterocycles. The standard InChI is InChI=1S/C14H16N2OS/c1-16-10-11(9-15-16)7-8-13(17)12-5-3-4-6-14(12)18-2/h3-6,9-10H,7-8H2,1-2H3. The SMILES string of the molecule is CSc1ccccc1C(=O)CCc1cnn(C)c1. The fourth-order valence-electron chi connectivity index (χ4n) is 1.87. The third-order valence-electron chi connectivity index (χ3n) is 2.81. The van der Waals surface area contributed by atoms with E-state index in [0.717, 1.165) is 22.4 Å². The third-order valence-corrected chi connectivity index (χ3v) is 3.60. The summed E-state index contributed by atoms with van der Waals surface area (Å²) in [5, 5.41) is 4.10. The summed E-state index contributed by atoms with van der Waals surface area (Å²) in [6.07, 6.45) is 7.04. The van der Waals surface area contributed by atoms with E-state index in [1.54, 1.807) is 16.4 Å². The highest BCUT2D eigenvalue weighted by Crippen LogP contribution is 2.21. The van der Waals surface area contributed by atoms with Crippen LogP contribution in [0.1, 0.15) is 22.3 Å². The van der Waals surface area contributed by atoms with Crippen molar-refractivity contribution >= 4 is 17.5 Å². The minimum Gasteiger partial charge on any atom is -0.294 e. The van der Waals surface area contributed by atoms with E-state index in [2.05, 4.69) is 5.10 Å². The molecule has 0 bridgehead atoms. The molecule has 0 unspecified atom stereocenters. The third kappa shape index (κ3) is 3.01. The molecule has 0 aliphatic rings. The number of aromatic nitrogens is 2. The maximum absolute atomic E-state index is 12.2. The highest BCUT2D eigenvalue weighted by molar-refractivity contribution is 7.98. The number of hydrogen-bond acceptors (Lipinski definition) is 3. The van der Waals surface area contributed by atoms with Crippen LogP contribution in [0.5, 0.6) is 0 Å².